The van der Waals surface area contributed by atoms with Gasteiger partial charge in [0.25, 0.3) is 5.78 Å². The molecule has 0 aromatic heterocycles. The fourth-order valence-corrected chi connectivity index (χ4v) is 1.91. The summed E-state index contributed by atoms with van der Waals surface area (Å²) >= 11 is 0. The first-order chi connectivity index (χ1) is 11.4. The van der Waals surface area contributed by atoms with Crippen LogP contribution in [0.2, 0.25) is 0 Å². The molecule has 1 aromatic rings. The third-order valence-corrected chi connectivity index (χ3v) is 3.04. The van der Waals surface area contributed by atoms with Gasteiger partial charge in [-0.1, -0.05) is 12.1 Å². The van der Waals surface area contributed by atoms with E-state index in [1.165, 1.54) is 0 Å². The normalized spacial score (nSPS) is 11.1. The van der Waals surface area contributed by atoms with Crippen molar-refractivity contribution in [3.05, 3.63) is 24.3 Å². The first kappa shape index (κ1) is 19.1. The van der Waals surface area contributed by atoms with E-state index in [1.54, 1.807) is 31.2 Å². The second-order valence-electron chi connectivity index (χ2n) is 4.61. The number of Topliss-reactive ketones (excluding diaryl/α,β-unsaturated/α-hetero) is 1. The maximum absolute atomic E-state index is 12.1. The zero-order valence-electron chi connectivity index (χ0n) is 13.7. The second-order valence-corrected chi connectivity index (χ2v) is 4.61. The van der Waals surface area contributed by atoms with Gasteiger partial charge in [0, 0.05) is 6.42 Å². The highest BCUT2D eigenvalue weighted by Crippen LogP contribution is 2.24. The molecule has 130 valence electrons. The van der Waals surface area contributed by atoms with E-state index >= 15 is 0 Å². The van der Waals surface area contributed by atoms with Crippen LogP contribution in [0.1, 0.15) is 13.3 Å². The molecule has 0 radical (unpaired) electrons. The average Bonchev–Trinajstić information content (AvgIpc) is 2.59. The summed E-state index contributed by atoms with van der Waals surface area (Å²) in [5, 5.41) is 2.54. The highest BCUT2D eigenvalue weighted by Gasteiger charge is 2.35. The maximum Gasteiger partial charge on any atom is 0.375 e. The molecule has 0 saturated heterocycles. The molecule has 8 nitrogen and oxygen atoms in total. The Labute approximate surface area is 139 Å². The van der Waals surface area contributed by atoms with Crippen LogP contribution < -0.4 is 10.1 Å². The second kappa shape index (κ2) is 9.29. The van der Waals surface area contributed by atoms with E-state index in [1.807, 2.05) is 0 Å². The summed E-state index contributed by atoms with van der Waals surface area (Å²) < 4.78 is 14.1. The number of methoxy groups -OCH3 is 2. The van der Waals surface area contributed by atoms with Crippen LogP contribution in [0.5, 0.6) is 5.75 Å². The van der Waals surface area contributed by atoms with E-state index in [2.05, 4.69) is 14.8 Å². The van der Waals surface area contributed by atoms with Gasteiger partial charge in [0.05, 0.1) is 26.5 Å². The first-order valence-corrected chi connectivity index (χ1v) is 7.16. The summed E-state index contributed by atoms with van der Waals surface area (Å²) in [6.45, 7) is 2.19. The molecule has 1 N–H and O–H groups in total. The molecule has 1 atom stereocenters. The van der Waals surface area contributed by atoms with Crippen LogP contribution in [0.25, 0.3) is 0 Å². The van der Waals surface area contributed by atoms with Crippen LogP contribution in [0.4, 0.5) is 5.69 Å². The summed E-state index contributed by atoms with van der Waals surface area (Å²) in [5.74, 6) is -5.11. The van der Waals surface area contributed by atoms with E-state index in [-0.39, 0.29) is 0 Å². The number of rotatable bonds is 8. The van der Waals surface area contributed by atoms with Gasteiger partial charge in [0.15, 0.2) is 0 Å². The quantitative estimate of drug-likeness (QED) is 0.427. The average molecular weight is 337 g/mol. The molecule has 1 unspecified atom stereocenters. The number of ether oxygens (including phenoxy) is 3. The van der Waals surface area contributed by atoms with Gasteiger partial charge in [0.2, 0.25) is 5.91 Å². The summed E-state index contributed by atoms with van der Waals surface area (Å²) in [4.78, 5) is 47.0. The molecular formula is C16H19NO7. The summed E-state index contributed by atoms with van der Waals surface area (Å²) in [6, 6.07) is 6.70. The number of amides is 1. The standard InChI is InChI=1S/C16H19NO7/c1-4-24-12-8-6-5-7-11(12)17-13(18)9-10(15(20)22-2)14(19)16(21)23-3/h5-8,10H,4,9H2,1-3H3,(H,17,18). The monoisotopic (exact) mass is 337 g/mol. The van der Waals surface area contributed by atoms with Gasteiger partial charge in [-0.05, 0) is 19.1 Å². The minimum absolute atomic E-state index is 0.387. The number of benzene rings is 1. The molecule has 0 aliphatic rings. The highest BCUT2D eigenvalue weighted by atomic mass is 16.5. The van der Waals surface area contributed by atoms with Gasteiger partial charge < -0.3 is 19.5 Å². The lowest BCUT2D eigenvalue weighted by Gasteiger charge is -2.14. The minimum Gasteiger partial charge on any atom is -0.492 e. The Morgan fingerprint density at radius 1 is 1.08 bits per heavy atom. The zero-order chi connectivity index (χ0) is 18.1. The maximum atomic E-state index is 12.1. The van der Waals surface area contributed by atoms with Crippen LogP contribution in [0.3, 0.4) is 0 Å². The predicted octanol–water partition coefficient (Wildman–Crippen LogP) is 0.945. The van der Waals surface area contributed by atoms with Crippen molar-refractivity contribution in [2.45, 2.75) is 13.3 Å². The van der Waals surface area contributed by atoms with E-state index < -0.39 is 36.0 Å². The van der Waals surface area contributed by atoms with Crippen molar-refractivity contribution in [1.29, 1.82) is 0 Å². The van der Waals surface area contributed by atoms with E-state index in [0.717, 1.165) is 14.2 Å². The van der Waals surface area contributed by atoms with Gasteiger partial charge in [-0.15, -0.1) is 0 Å². The fourth-order valence-electron chi connectivity index (χ4n) is 1.91. The molecule has 1 aromatic carbocycles. The van der Waals surface area contributed by atoms with Crippen molar-refractivity contribution in [3.63, 3.8) is 0 Å². The molecule has 0 spiro atoms. The van der Waals surface area contributed by atoms with E-state index in [9.17, 15) is 19.2 Å². The Bertz CT molecular complexity index is 627. The van der Waals surface area contributed by atoms with Gasteiger partial charge >= 0.3 is 11.9 Å². The molecule has 1 rings (SSSR count). The Morgan fingerprint density at radius 2 is 1.75 bits per heavy atom. The van der Waals surface area contributed by atoms with Crippen molar-refractivity contribution in [2.75, 3.05) is 26.1 Å². The Hall–Kier alpha value is -2.90. The van der Waals surface area contributed by atoms with Crippen molar-refractivity contribution >= 4 is 29.3 Å². The number of anilines is 1. The molecule has 0 saturated carbocycles. The summed E-state index contributed by atoms with van der Waals surface area (Å²) in [6.07, 6.45) is -0.554. The molecule has 24 heavy (non-hydrogen) atoms. The smallest absolute Gasteiger partial charge is 0.375 e. The lowest BCUT2D eigenvalue weighted by Crippen LogP contribution is -2.35. The van der Waals surface area contributed by atoms with Crippen molar-refractivity contribution in [3.8, 4) is 5.75 Å². The van der Waals surface area contributed by atoms with Gasteiger partial charge in [-0.3, -0.25) is 14.4 Å². The molecule has 0 fully saturated rings. The number of carbonyl (C=O) groups excluding carboxylic acids is 4. The largest absolute Gasteiger partial charge is 0.492 e. The third-order valence-electron chi connectivity index (χ3n) is 3.04. The number of hydrogen-bond acceptors (Lipinski definition) is 7. The molecule has 8 heteroatoms. The van der Waals surface area contributed by atoms with Crippen molar-refractivity contribution in [2.24, 2.45) is 5.92 Å². The van der Waals surface area contributed by atoms with Crippen molar-refractivity contribution < 1.29 is 33.4 Å². The molecule has 1 amide bonds. The van der Waals surface area contributed by atoms with Crippen LogP contribution in [-0.4, -0.2) is 44.5 Å². The minimum atomic E-state index is -1.57. The van der Waals surface area contributed by atoms with Crippen LogP contribution in [0.15, 0.2) is 24.3 Å². The first-order valence-electron chi connectivity index (χ1n) is 7.16. The molecule has 0 aliphatic heterocycles. The van der Waals surface area contributed by atoms with Gasteiger partial charge in [-0.2, -0.15) is 0 Å². The zero-order valence-corrected chi connectivity index (χ0v) is 13.7. The number of para-hydroxylation sites is 2. The fraction of sp³-hybridized carbons (Fsp3) is 0.375. The third kappa shape index (κ3) is 5.08. The summed E-state index contributed by atoms with van der Waals surface area (Å²) in [5.41, 5.74) is 0.387. The number of carbonyl (C=O) groups is 4. The predicted molar refractivity (Wildman–Crippen MR) is 83.4 cm³/mol. The van der Waals surface area contributed by atoms with Gasteiger partial charge in [0.1, 0.15) is 11.7 Å². The lowest BCUT2D eigenvalue weighted by molar-refractivity contribution is -0.160. The van der Waals surface area contributed by atoms with Crippen LogP contribution >= 0.6 is 0 Å². The lowest BCUT2D eigenvalue weighted by atomic mass is 9.99. The molecular weight excluding hydrogens is 318 g/mol. The number of esters is 2. The Balaban J connectivity index is 2.88. The number of ketones is 1. The highest BCUT2D eigenvalue weighted by molar-refractivity contribution is 6.38. The SMILES string of the molecule is CCOc1ccccc1NC(=O)CC(C(=O)OC)C(=O)C(=O)OC. The van der Waals surface area contributed by atoms with E-state index in [0.29, 0.717) is 18.0 Å². The number of hydrogen-bond donors (Lipinski definition) is 1. The molecule has 0 heterocycles. The van der Waals surface area contributed by atoms with E-state index in [4.69, 9.17) is 4.74 Å². The molecule has 0 aliphatic carbocycles. The Morgan fingerprint density at radius 3 is 2.33 bits per heavy atom. The van der Waals surface area contributed by atoms with Crippen molar-refractivity contribution in [1.82, 2.24) is 0 Å². The van der Waals surface area contributed by atoms with Gasteiger partial charge in [-0.25, -0.2) is 4.79 Å². The number of nitrogens with one attached hydrogen (secondary N) is 1. The topological polar surface area (TPSA) is 108 Å². The molecule has 0 bridgehead atoms. The van der Waals surface area contributed by atoms with Crippen LogP contribution in [0, 0.1) is 5.92 Å². The summed E-state index contributed by atoms with van der Waals surface area (Å²) in [7, 11) is 2.06. The Kier molecular flexibility index (Phi) is 7.41. The van der Waals surface area contributed by atoms with Crippen LogP contribution in [-0.2, 0) is 28.7 Å².